The lowest BCUT2D eigenvalue weighted by molar-refractivity contribution is 0.0856. The summed E-state index contributed by atoms with van der Waals surface area (Å²) in [6, 6.07) is 4.05. The van der Waals surface area contributed by atoms with Crippen LogP contribution in [0.25, 0.3) is 0 Å². The second-order valence-electron chi connectivity index (χ2n) is 5.31. The molecule has 0 saturated carbocycles. The fourth-order valence-electron chi connectivity index (χ4n) is 1.61. The molecule has 0 amide bonds. The smallest absolute Gasteiger partial charge is 0.171 e. The lowest BCUT2D eigenvalue weighted by Gasteiger charge is -2.33. The van der Waals surface area contributed by atoms with Crippen molar-refractivity contribution in [2.75, 3.05) is 0 Å². The van der Waals surface area contributed by atoms with Crippen LogP contribution in [0.2, 0.25) is 13.1 Å². The van der Waals surface area contributed by atoms with Crippen LogP contribution in [0.1, 0.15) is 32.4 Å². The maximum atomic E-state index is 6.15. The van der Waals surface area contributed by atoms with Gasteiger partial charge >= 0.3 is 0 Å². The monoisotopic (exact) mass is 301 g/mol. The van der Waals surface area contributed by atoms with Gasteiger partial charge in [0, 0.05) is 11.8 Å². The molecule has 1 rings (SSSR count). The van der Waals surface area contributed by atoms with Gasteiger partial charge in [-0.1, -0.05) is 26.8 Å². The normalized spacial score (nSPS) is 14.2. The fraction of sp³-hybridized carbons (Fsp3) is 0.583. The molecule has 0 aromatic carbocycles. The predicted molar refractivity (Wildman–Crippen MR) is 74.1 cm³/mol. The maximum Gasteiger partial charge on any atom is 0.171 e. The van der Waals surface area contributed by atoms with E-state index < -0.39 is 9.04 Å². The molecule has 0 aliphatic rings. The topological polar surface area (TPSA) is 22.1 Å². The quantitative estimate of drug-likeness (QED) is 0.623. The molecule has 1 aromatic rings. The molecule has 0 fully saturated rings. The van der Waals surface area contributed by atoms with Gasteiger partial charge in [0.25, 0.3) is 0 Å². The van der Waals surface area contributed by atoms with E-state index in [0.717, 1.165) is 10.2 Å². The Labute approximate surface area is 108 Å². The molecule has 0 N–H and O–H groups in total. The van der Waals surface area contributed by atoms with Crippen molar-refractivity contribution in [3.63, 3.8) is 0 Å². The Morgan fingerprint density at radius 2 is 2.00 bits per heavy atom. The van der Waals surface area contributed by atoms with Crippen molar-refractivity contribution >= 4 is 25.0 Å². The Balaban J connectivity index is 3.07. The minimum Gasteiger partial charge on any atom is -0.413 e. The van der Waals surface area contributed by atoms with Gasteiger partial charge in [-0.05, 0) is 40.5 Å². The van der Waals surface area contributed by atoms with E-state index in [1.165, 1.54) is 0 Å². The third kappa shape index (κ3) is 3.68. The highest BCUT2D eigenvalue weighted by Crippen LogP contribution is 2.38. The van der Waals surface area contributed by atoms with Gasteiger partial charge in [0.1, 0.15) is 4.60 Å². The van der Waals surface area contributed by atoms with Gasteiger partial charge in [0.05, 0.1) is 6.10 Å². The summed E-state index contributed by atoms with van der Waals surface area (Å²) in [4.78, 5) is 4.27. The van der Waals surface area contributed by atoms with Gasteiger partial charge in [-0.25, -0.2) is 4.98 Å². The molecule has 2 nitrogen and oxygen atoms in total. The first kappa shape index (κ1) is 13.9. The number of pyridine rings is 1. The number of aromatic nitrogens is 1. The summed E-state index contributed by atoms with van der Waals surface area (Å²) in [5, 5.41) is 0. The Morgan fingerprint density at radius 3 is 2.44 bits per heavy atom. The predicted octanol–water partition coefficient (Wildman–Crippen LogP) is 3.93. The van der Waals surface area contributed by atoms with Crippen LogP contribution in [0, 0.1) is 5.41 Å². The first-order valence-corrected chi connectivity index (χ1v) is 9.15. The van der Waals surface area contributed by atoms with E-state index in [-0.39, 0.29) is 11.5 Å². The highest BCUT2D eigenvalue weighted by Gasteiger charge is 2.29. The van der Waals surface area contributed by atoms with Crippen molar-refractivity contribution in [1.82, 2.24) is 4.98 Å². The molecule has 0 radical (unpaired) electrons. The van der Waals surface area contributed by atoms with Crippen LogP contribution in [0.3, 0.4) is 0 Å². The molecular formula is C12H20BrNOSi. The van der Waals surface area contributed by atoms with E-state index in [1.807, 2.05) is 6.07 Å². The molecule has 4 heteroatoms. The van der Waals surface area contributed by atoms with Gasteiger partial charge in [0.15, 0.2) is 9.04 Å². The van der Waals surface area contributed by atoms with Crippen molar-refractivity contribution < 1.29 is 4.43 Å². The van der Waals surface area contributed by atoms with E-state index in [9.17, 15) is 0 Å². The molecule has 1 atom stereocenters. The fourth-order valence-corrected chi connectivity index (χ4v) is 3.17. The summed E-state index contributed by atoms with van der Waals surface area (Å²) in [5.74, 6) is 0. The Bertz CT molecular complexity index is 349. The molecule has 0 saturated heterocycles. The van der Waals surface area contributed by atoms with Crippen molar-refractivity contribution in [2.24, 2.45) is 5.41 Å². The third-order valence-corrected chi connectivity index (χ3v) is 3.74. The maximum absolute atomic E-state index is 6.15. The van der Waals surface area contributed by atoms with Crippen molar-refractivity contribution in [1.29, 1.82) is 0 Å². The molecule has 1 heterocycles. The Morgan fingerprint density at radius 1 is 1.38 bits per heavy atom. The lowest BCUT2D eigenvalue weighted by Crippen LogP contribution is -2.26. The van der Waals surface area contributed by atoms with Crippen LogP contribution in [-0.2, 0) is 4.43 Å². The van der Waals surface area contributed by atoms with E-state index in [2.05, 4.69) is 60.8 Å². The third-order valence-electron chi connectivity index (χ3n) is 2.27. The van der Waals surface area contributed by atoms with E-state index >= 15 is 0 Å². The molecule has 16 heavy (non-hydrogen) atoms. The van der Waals surface area contributed by atoms with E-state index in [4.69, 9.17) is 4.43 Å². The summed E-state index contributed by atoms with van der Waals surface area (Å²) >= 11 is 3.50. The average molecular weight is 302 g/mol. The highest BCUT2D eigenvalue weighted by atomic mass is 79.9. The van der Waals surface area contributed by atoms with Crippen LogP contribution in [-0.4, -0.2) is 14.0 Å². The molecule has 0 aliphatic carbocycles. The van der Waals surface area contributed by atoms with Crippen molar-refractivity contribution in [2.45, 2.75) is 40.0 Å². The zero-order chi connectivity index (χ0) is 12.3. The molecule has 0 bridgehead atoms. The number of hydrogen-bond donors (Lipinski definition) is 0. The standard InChI is InChI=1S/C12H20BrNOSi/c1-12(2,3)10(15-16(4)5)9-7-6-8-14-11(9)13/h6-8,10,16H,1-5H3. The van der Waals surface area contributed by atoms with Crippen molar-refractivity contribution in [3.8, 4) is 0 Å². The SMILES string of the molecule is C[SiH](C)OC(c1cccnc1Br)C(C)(C)C. The van der Waals surface area contributed by atoms with Crippen molar-refractivity contribution in [3.05, 3.63) is 28.5 Å². The molecular weight excluding hydrogens is 282 g/mol. The highest BCUT2D eigenvalue weighted by molar-refractivity contribution is 9.10. The van der Waals surface area contributed by atoms with Gasteiger partial charge < -0.3 is 4.43 Å². The molecule has 0 aliphatic heterocycles. The molecule has 0 spiro atoms. The van der Waals surface area contributed by atoms with Crippen LogP contribution >= 0.6 is 15.9 Å². The first-order valence-electron chi connectivity index (χ1n) is 5.58. The lowest BCUT2D eigenvalue weighted by atomic mass is 9.85. The van der Waals surface area contributed by atoms with E-state index in [0.29, 0.717) is 0 Å². The summed E-state index contributed by atoms with van der Waals surface area (Å²) in [6.45, 7) is 11.0. The average Bonchev–Trinajstić information content (AvgIpc) is 2.13. The summed E-state index contributed by atoms with van der Waals surface area (Å²) in [6.07, 6.45) is 1.90. The number of nitrogens with zero attached hydrogens (tertiary/aromatic N) is 1. The van der Waals surface area contributed by atoms with Crippen LogP contribution < -0.4 is 0 Å². The second kappa shape index (κ2) is 5.43. The van der Waals surface area contributed by atoms with Crippen LogP contribution in [0.4, 0.5) is 0 Å². The van der Waals surface area contributed by atoms with E-state index in [1.54, 1.807) is 6.20 Å². The molecule has 1 unspecified atom stereocenters. The van der Waals surface area contributed by atoms with Crippen LogP contribution in [0.5, 0.6) is 0 Å². The number of halogens is 1. The van der Waals surface area contributed by atoms with Gasteiger partial charge in [-0.2, -0.15) is 0 Å². The molecule has 1 aromatic heterocycles. The zero-order valence-electron chi connectivity index (χ0n) is 10.6. The van der Waals surface area contributed by atoms with Gasteiger partial charge in [0.2, 0.25) is 0 Å². The summed E-state index contributed by atoms with van der Waals surface area (Å²) in [5.41, 5.74) is 1.24. The number of rotatable bonds is 3. The first-order chi connectivity index (χ1) is 7.32. The van der Waals surface area contributed by atoms with Gasteiger partial charge in [-0.15, -0.1) is 0 Å². The molecule has 90 valence electrons. The number of hydrogen-bond acceptors (Lipinski definition) is 2. The Hall–Kier alpha value is -0.193. The van der Waals surface area contributed by atoms with Crippen LogP contribution in [0.15, 0.2) is 22.9 Å². The Kier molecular flexibility index (Phi) is 4.70. The zero-order valence-corrected chi connectivity index (χ0v) is 13.4. The second-order valence-corrected chi connectivity index (χ2v) is 8.44. The summed E-state index contributed by atoms with van der Waals surface area (Å²) in [7, 11) is -1.07. The minimum absolute atomic E-state index is 0.0861. The largest absolute Gasteiger partial charge is 0.413 e. The minimum atomic E-state index is -1.07. The van der Waals surface area contributed by atoms with Gasteiger partial charge in [-0.3, -0.25) is 0 Å². The summed E-state index contributed by atoms with van der Waals surface area (Å²) < 4.78 is 7.04.